The van der Waals surface area contributed by atoms with Crippen molar-refractivity contribution in [2.75, 3.05) is 6.61 Å². The topological polar surface area (TPSA) is 107 Å². The molecule has 0 saturated heterocycles. The third-order valence-electron chi connectivity index (χ3n) is 4.16. The molecule has 0 radical (unpaired) electrons. The third kappa shape index (κ3) is 11.7. The molecule has 5 nitrogen and oxygen atoms in total. The summed E-state index contributed by atoms with van der Waals surface area (Å²) in [4.78, 5) is 0. The SMILES string of the molecule is CCCCCCCCCCC/C=C\[C@@H](O)[C@@H](O)[C@@H](O)[C@@H](N)CO. The molecule has 0 aromatic heterocycles. The largest absolute Gasteiger partial charge is 0.395 e. The van der Waals surface area contributed by atoms with Gasteiger partial charge in [-0.3, -0.25) is 0 Å². The Morgan fingerprint density at radius 2 is 1.35 bits per heavy atom. The Bertz CT molecular complexity index is 286. The highest BCUT2D eigenvalue weighted by molar-refractivity contribution is 4.96. The molecule has 0 bridgehead atoms. The van der Waals surface area contributed by atoms with Crippen LogP contribution in [0.1, 0.15) is 71.1 Å². The number of hydrogen-bond donors (Lipinski definition) is 5. The van der Waals surface area contributed by atoms with Gasteiger partial charge in [0.1, 0.15) is 18.3 Å². The molecule has 4 atom stereocenters. The zero-order valence-electron chi connectivity index (χ0n) is 14.6. The van der Waals surface area contributed by atoms with Gasteiger partial charge in [-0.05, 0) is 12.8 Å². The van der Waals surface area contributed by atoms with Crippen molar-refractivity contribution in [2.24, 2.45) is 5.73 Å². The van der Waals surface area contributed by atoms with Crippen LogP contribution in [0.5, 0.6) is 0 Å². The van der Waals surface area contributed by atoms with Crippen LogP contribution in [0.3, 0.4) is 0 Å². The van der Waals surface area contributed by atoms with E-state index in [0.717, 1.165) is 12.8 Å². The van der Waals surface area contributed by atoms with Gasteiger partial charge in [0.05, 0.1) is 12.6 Å². The van der Waals surface area contributed by atoms with Crippen molar-refractivity contribution in [1.82, 2.24) is 0 Å². The maximum Gasteiger partial charge on any atom is 0.111 e. The summed E-state index contributed by atoms with van der Waals surface area (Å²) in [5, 5.41) is 37.9. The lowest BCUT2D eigenvalue weighted by molar-refractivity contribution is -0.0570. The average Bonchev–Trinajstić information content (AvgIpc) is 2.57. The molecule has 0 aliphatic carbocycles. The summed E-state index contributed by atoms with van der Waals surface area (Å²) in [7, 11) is 0. The van der Waals surface area contributed by atoms with Crippen LogP contribution >= 0.6 is 0 Å². The van der Waals surface area contributed by atoms with Gasteiger partial charge < -0.3 is 26.2 Å². The molecule has 0 heterocycles. The minimum absolute atomic E-state index is 0.437. The van der Waals surface area contributed by atoms with E-state index in [1.54, 1.807) is 0 Å². The lowest BCUT2D eigenvalue weighted by atomic mass is 10.0. The number of hydrogen-bond acceptors (Lipinski definition) is 5. The molecule has 0 aliphatic heterocycles. The van der Waals surface area contributed by atoms with Gasteiger partial charge in [-0.2, -0.15) is 0 Å². The Labute approximate surface area is 141 Å². The quantitative estimate of drug-likeness (QED) is 0.233. The fourth-order valence-corrected chi connectivity index (χ4v) is 2.49. The first-order valence-corrected chi connectivity index (χ1v) is 9.11. The standard InChI is InChI=1S/C18H37NO4/c1-2-3-4-5-6-7-8-9-10-11-12-13-16(21)18(23)17(22)15(19)14-20/h12-13,15-18,20-23H,2-11,14,19H2,1H3/b13-12-/t15-,16+,17-,18+/m0/s1. The fourth-order valence-electron chi connectivity index (χ4n) is 2.49. The van der Waals surface area contributed by atoms with Crippen LogP contribution in [0.4, 0.5) is 0 Å². The maximum absolute atomic E-state index is 9.74. The summed E-state index contributed by atoms with van der Waals surface area (Å²) < 4.78 is 0. The van der Waals surface area contributed by atoms with Crippen LogP contribution in [0.25, 0.3) is 0 Å². The molecule has 138 valence electrons. The van der Waals surface area contributed by atoms with Crippen LogP contribution in [-0.4, -0.2) is 51.4 Å². The molecule has 5 heteroatoms. The Kier molecular flexibility index (Phi) is 14.8. The average molecular weight is 331 g/mol. The molecule has 6 N–H and O–H groups in total. The van der Waals surface area contributed by atoms with Crippen LogP contribution in [0, 0.1) is 0 Å². The Hall–Kier alpha value is -0.460. The van der Waals surface area contributed by atoms with Gasteiger partial charge in [0.25, 0.3) is 0 Å². The number of nitrogens with two attached hydrogens (primary N) is 1. The predicted molar refractivity (Wildman–Crippen MR) is 94.1 cm³/mol. The first kappa shape index (κ1) is 22.5. The Balaban J connectivity index is 3.62. The minimum atomic E-state index is -1.38. The minimum Gasteiger partial charge on any atom is -0.395 e. The van der Waals surface area contributed by atoms with E-state index in [0.29, 0.717) is 0 Å². The molecule has 0 rings (SSSR count). The van der Waals surface area contributed by atoms with E-state index in [1.807, 2.05) is 6.08 Å². The van der Waals surface area contributed by atoms with Crippen LogP contribution in [0.15, 0.2) is 12.2 Å². The smallest absolute Gasteiger partial charge is 0.111 e. The second kappa shape index (κ2) is 15.1. The van der Waals surface area contributed by atoms with Gasteiger partial charge in [0, 0.05) is 0 Å². The molecule has 23 heavy (non-hydrogen) atoms. The number of aliphatic hydroxyl groups is 4. The molecular formula is C18H37NO4. The summed E-state index contributed by atoms with van der Waals surface area (Å²) in [5.74, 6) is 0. The van der Waals surface area contributed by atoms with Crippen molar-refractivity contribution < 1.29 is 20.4 Å². The first-order valence-electron chi connectivity index (χ1n) is 9.11. The van der Waals surface area contributed by atoms with Gasteiger partial charge in [0.2, 0.25) is 0 Å². The Morgan fingerprint density at radius 1 is 0.826 bits per heavy atom. The lowest BCUT2D eigenvalue weighted by Crippen LogP contribution is -2.49. The highest BCUT2D eigenvalue weighted by Gasteiger charge is 2.27. The molecular weight excluding hydrogens is 294 g/mol. The summed E-state index contributed by atoms with van der Waals surface area (Å²) in [5.41, 5.74) is 5.42. The molecule has 0 saturated carbocycles. The lowest BCUT2D eigenvalue weighted by Gasteiger charge is -2.24. The number of aliphatic hydroxyl groups excluding tert-OH is 4. The van der Waals surface area contributed by atoms with E-state index < -0.39 is 31.0 Å². The van der Waals surface area contributed by atoms with Gasteiger partial charge >= 0.3 is 0 Å². The van der Waals surface area contributed by atoms with E-state index in [9.17, 15) is 15.3 Å². The van der Waals surface area contributed by atoms with Gasteiger partial charge in [-0.1, -0.05) is 70.4 Å². The van der Waals surface area contributed by atoms with E-state index in [1.165, 1.54) is 57.4 Å². The molecule has 0 fully saturated rings. The second-order valence-corrected chi connectivity index (χ2v) is 6.36. The molecule has 0 aliphatic rings. The monoisotopic (exact) mass is 331 g/mol. The molecule has 0 aromatic carbocycles. The summed E-state index contributed by atoms with van der Waals surface area (Å²) in [6.45, 7) is 1.79. The van der Waals surface area contributed by atoms with Crippen molar-refractivity contribution >= 4 is 0 Å². The second-order valence-electron chi connectivity index (χ2n) is 6.36. The molecule has 0 spiro atoms. The maximum atomic E-state index is 9.74. The van der Waals surface area contributed by atoms with Crippen molar-refractivity contribution in [3.63, 3.8) is 0 Å². The predicted octanol–water partition coefficient (Wildman–Crippen LogP) is 1.87. The van der Waals surface area contributed by atoms with E-state index >= 15 is 0 Å². The van der Waals surface area contributed by atoms with Crippen LogP contribution in [0.2, 0.25) is 0 Å². The van der Waals surface area contributed by atoms with E-state index in [-0.39, 0.29) is 0 Å². The van der Waals surface area contributed by atoms with E-state index in [4.69, 9.17) is 10.8 Å². The highest BCUT2D eigenvalue weighted by atomic mass is 16.4. The summed E-state index contributed by atoms with van der Waals surface area (Å²) in [6.07, 6.45) is 11.7. The van der Waals surface area contributed by atoms with E-state index in [2.05, 4.69) is 6.92 Å². The number of rotatable bonds is 15. The van der Waals surface area contributed by atoms with Crippen molar-refractivity contribution in [3.05, 3.63) is 12.2 Å². The fraction of sp³-hybridized carbons (Fsp3) is 0.889. The zero-order chi connectivity index (χ0) is 17.5. The van der Waals surface area contributed by atoms with Crippen LogP contribution in [-0.2, 0) is 0 Å². The first-order chi connectivity index (χ1) is 11.0. The van der Waals surface area contributed by atoms with Gasteiger partial charge in [-0.25, -0.2) is 0 Å². The molecule has 0 unspecified atom stereocenters. The molecule has 0 amide bonds. The molecule has 0 aromatic rings. The van der Waals surface area contributed by atoms with Crippen molar-refractivity contribution in [1.29, 1.82) is 0 Å². The summed E-state index contributed by atoms with van der Waals surface area (Å²) >= 11 is 0. The van der Waals surface area contributed by atoms with Gasteiger partial charge in [0.15, 0.2) is 0 Å². The highest BCUT2D eigenvalue weighted by Crippen LogP contribution is 2.11. The Morgan fingerprint density at radius 3 is 1.87 bits per heavy atom. The zero-order valence-corrected chi connectivity index (χ0v) is 14.6. The van der Waals surface area contributed by atoms with Crippen LogP contribution < -0.4 is 5.73 Å². The number of allylic oxidation sites excluding steroid dienone is 1. The van der Waals surface area contributed by atoms with Crippen molar-refractivity contribution in [2.45, 2.75) is 95.5 Å². The van der Waals surface area contributed by atoms with Crippen molar-refractivity contribution in [3.8, 4) is 0 Å². The normalized spacial score (nSPS) is 17.3. The summed E-state index contributed by atoms with van der Waals surface area (Å²) in [6, 6.07) is -0.953. The third-order valence-corrected chi connectivity index (χ3v) is 4.16. The van der Waals surface area contributed by atoms with Gasteiger partial charge in [-0.15, -0.1) is 0 Å². The number of unbranched alkanes of at least 4 members (excludes halogenated alkanes) is 9.